The van der Waals surface area contributed by atoms with Gasteiger partial charge >= 0.3 is 0 Å². The van der Waals surface area contributed by atoms with Crippen molar-refractivity contribution in [3.63, 3.8) is 0 Å². The number of nitrogen functional groups attached to an aromatic ring is 1. The minimum absolute atomic E-state index is 0.788. The van der Waals surface area contributed by atoms with Crippen LogP contribution in [0.2, 0.25) is 0 Å². The lowest BCUT2D eigenvalue weighted by Gasteiger charge is -2.09. The Balaban J connectivity index is 2.22. The highest BCUT2D eigenvalue weighted by atomic mass is 14.9. The molecule has 0 radical (unpaired) electrons. The van der Waals surface area contributed by atoms with Gasteiger partial charge in [-0.3, -0.25) is 0 Å². The Morgan fingerprint density at radius 3 is 2.53 bits per heavy atom. The zero-order chi connectivity index (χ0) is 12.1. The average molecular weight is 224 g/mol. The lowest BCUT2D eigenvalue weighted by atomic mass is 10.1. The van der Waals surface area contributed by atoms with Gasteiger partial charge in [-0.25, -0.2) is 0 Å². The van der Waals surface area contributed by atoms with E-state index in [4.69, 9.17) is 5.73 Å². The molecule has 0 bridgehead atoms. The molecule has 0 spiro atoms. The molecule has 0 aromatic heterocycles. The van der Waals surface area contributed by atoms with Crippen LogP contribution in [0, 0.1) is 0 Å². The third kappa shape index (κ3) is 2.88. The fourth-order valence-corrected chi connectivity index (χ4v) is 1.70. The van der Waals surface area contributed by atoms with Gasteiger partial charge in [-0.15, -0.1) is 6.58 Å². The molecule has 0 aliphatic rings. The van der Waals surface area contributed by atoms with E-state index in [0.717, 1.165) is 29.0 Å². The third-order valence-corrected chi connectivity index (χ3v) is 2.57. The fourth-order valence-electron chi connectivity index (χ4n) is 1.70. The fraction of sp³-hybridized carbons (Fsp3) is 0.0667. The number of benzene rings is 2. The van der Waals surface area contributed by atoms with Crippen molar-refractivity contribution in [3.05, 3.63) is 66.7 Å². The maximum atomic E-state index is 5.89. The Labute approximate surface area is 102 Å². The lowest BCUT2D eigenvalue weighted by Crippen LogP contribution is -1.96. The molecule has 2 nitrogen and oxygen atoms in total. The number of nitrogens with one attached hydrogen (secondary N) is 1. The van der Waals surface area contributed by atoms with E-state index in [0.29, 0.717) is 0 Å². The number of para-hydroxylation sites is 1. The van der Waals surface area contributed by atoms with Crippen LogP contribution in [0.4, 0.5) is 17.1 Å². The van der Waals surface area contributed by atoms with Gasteiger partial charge < -0.3 is 11.1 Å². The van der Waals surface area contributed by atoms with Crippen molar-refractivity contribution in [2.24, 2.45) is 0 Å². The van der Waals surface area contributed by atoms with E-state index in [1.807, 2.05) is 48.5 Å². The summed E-state index contributed by atoms with van der Waals surface area (Å²) in [5.74, 6) is 0. The van der Waals surface area contributed by atoms with E-state index >= 15 is 0 Å². The van der Waals surface area contributed by atoms with Crippen LogP contribution in [-0.4, -0.2) is 0 Å². The molecule has 0 aliphatic carbocycles. The van der Waals surface area contributed by atoms with Gasteiger partial charge in [0.1, 0.15) is 0 Å². The van der Waals surface area contributed by atoms with Gasteiger partial charge in [0.05, 0.1) is 0 Å². The van der Waals surface area contributed by atoms with Gasteiger partial charge in [0.25, 0.3) is 0 Å². The molecule has 2 aromatic carbocycles. The molecule has 17 heavy (non-hydrogen) atoms. The van der Waals surface area contributed by atoms with Crippen LogP contribution in [-0.2, 0) is 6.42 Å². The van der Waals surface area contributed by atoms with E-state index in [9.17, 15) is 0 Å². The normalized spacial score (nSPS) is 9.88. The van der Waals surface area contributed by atoms with Gasteiger partial charge in [-0.05, 0) is 42.3 Å². The molecular formula is C15H16N2. The number of hydrogen-bond donors (Lipinski definition) is 2. The molecule has 0 amide bonds. The average Bonchev–Trinajstić information content (AvgIpc) is 2.35. The predicted octanol–water partition coefficient (Wildman–Crippen LogP) is 3.74. The number of nitrogens with two attached hydrogens (primary N) is 1. The first-order valence-electron chi connectivity index (χ1n) is 5.61. The summed E-state index contributed by atoms with van der Waals surface area (Å²) in [6, 6.07) is 16.0. The van der Waals surface area contributed by atoms with Crippen molar-refractivity contribution in [2.75, 3.05) is 11.1 Å². The first kappa shape index (κ1) is 11.3. The van der Waals surface area contributed by atoms with Crippen molar-refractivity contribution in [1.29, 1.82) is 0 Å². The van der Waals surface area contributed by atoms with Crippen LogP contribution >= 0.6 is 0 Å². The maximum absolute atomic E-state index is 5.89. The minimum atomic E-state index is 0.788. The zero-order valence-corrected chi connectivity index (χ0v) is 9.69. The molecule has 0 saturated carbocycles. The Hall–Kier alpha value is -2.22. The van der Waals surface area contributed by atoms with Crippen molar-refractivity contribution < 1.29 is 0 Å². The van der Waals surface area contributed by atoms with Crippen LogP contribution in [0.5, 0.6) is 0 Å². The summed E-state index contributed by atoms with van der Waals surface area (Å²) in [5, 5.41) is 3.34. The smallest absolute Gasteiger partial charge is 0.0388 e. The van der Waals surface area contributed by atoms with Crippen LogP contribution < -0.4 is 11.1 Å². The highest BCUT2D eigenvalue weighted by Gasteiger charge is 2.00. The van der Waals surface area contributed by atoms with Crippen LogP contribution in [0.3, 0.4) is 0 Å². The summed E-state index contributed by atoms with van der Waals surface area (Å²) in [4.78, 5) is 0. The highest BCUT2D eigenvalue weighted by Crippen LogP contribution is 2.21. The van der Waals surface area contributed by atoms with Crippen LogP contribution in [0.25, 0.3) is 0 Å². The van der Waals surface area contributed by atoms with E-state index in [2.05, 4.69) is 18.0 Å². The largest absolute Gasteiger partial charge is 0.398 e. The Morgan fingerprint density at radius 2 is 1.82 bits per heavy atom. The summed E-state index contributed by atoms with van der Waals surface area (Å²) in [7, 11) is 0. The quantitative estimate of drug-likeness (QED) is 0.613. The summed E-state index contributed by atoms with van der Waals surface area (Å²) < 4.78 is 0. The molecule has 2 heteroatoms. The number of hydrogen-bond acceptors (Lipinski definition) is 2. The predicted molar refractivity (Wildman–Crippen MR) is 74.5 cm³/mol. The molecule has 0 saturated heterocycles. The summed E-state index contributed by atoms with van der Waals surface area (Å²) >= 11 is 0. The SMILES string of the molecule is C=CCc1cc(Nc2ccccc2)ccc1N. The van der Waals surface area contributed by atoms with E-state index in [1.54, 1.807) is 0 Å². The number of anilines is 3. The highest BCUT2D eigenvalue weighted by molar-refractivity contribution is 5.64. The molecule has 2 aromatic rings. The van der Waals surface area contributed by atoms with Crippen LogP contribution in [0.15, 0.2) is 61.2 Å². The summed E-state index contributed by atoms with van der Waals surface area (Å²) in [6.07, 6.45) is 2.65. The standard InChI is InChI=1S/C15H16N2/c1-2-6-12-11-14(9-10-15(12)16)17-13-7-4-3-5-8-13/h2-5,7-11,17H,1,6,16H2. The summed E-state index contributed by atoms with van der Waals surface area (Å²) in [5.41, 5.74) is 9.92. The summed E-state index contributed by atoms with van der Waals surface area (Å²) in [6.45, 7) is 3.73. The molecule has 86 valence electrons. The van der Waals surface area contributed by atoms with Gasteiger partial charge in [0.2, 0.25) is 0 Å². The molecule has 0 atom stereocenters. The molecule has 0 unspecified atom stereocenters. The van der Waals surface area contributed by atoms with Gasteiger partial charge in [-0.2, -0.15) is 0 Å². The minimum Gasteiger partial charge on any atom is -0.398 e. The molecule has 0 heterocycles. The second kappa shape index (κ2) is 5.21. The zero-order valence-electron chi connectivity index (χ0n) is 9.69. The van der Waals surface area contributed by atoms with E-state index < -0.39 is 0 Å². The Bertz CT molecular complexity index is 504. The Kier molecular flexibility index (Phi) is 3.46. The number of rotatable bonds is 4. The van der Waals surface area contributed by atoms with Crippen molar-refractivity contribution in [3.8, 4) is 0 Å². The molecule has 0 fully saturated rings. The second-order valence-corrected chi connectivity index (χ2v) is 3.90. The third-order valence-electron chi connectivity index (χ3n) is 2.57. The topological polar surface area (TPSA) is 38.0 Å². The molecular weight excluding hydrogens is 208 g/mol. The van der Waals surface area contributed by atoms with Gasteiger partial charge in [0.15, 0.2) is 0 Å². The molecule has 2 rings (SSSR count). The first-order valence-corrected chi connectivity index (χ1v) is 5.61. The first-order chi connectivity index (χ1) is 8.29. The van der Waals surface area contributed by atoms with Crippen molar-refractivity contribution in [2.45, 2.75) is 6.42 Å². The Morgan fingerprint density at radius 1 is 1.06 bits per heavy atom. The van der Waals surface area contributed by atoms with Gasteiger partial charge in [-0.1, -0.05) is 24.3 Å². The lowest BCUT2D eigenvalue weighted by molar-refractivity contribution is 1.28. The molecule has 0 aliphatic heterocycles. The maximum Gasteiger partial charge on any atom is 0.0388 e. The van der Waals surface area contributed by atoms with E-state index in [-0.39, 0.29) is 0 Å². The number of allylic oxidation sites excluding steroid dienone is 1. The van der Waals surface area contributed by atoms with E-state index in [1.165, 1.54) is 0 Å². The van der Waals surface area contributed by atoms with Crippen LogP contribution in [0.1, 0.15) is 5.56 Å². The monoisotopic (exact) mass is 224 g/mol. The molecule has 3 N–H and O–H groups in total. The van der Waals surface area contributed by atoms with Gasteiger partial charge in [0, 0.05) is 17.1 Å². The second-order valence-electron chi connectivity index (χ2n) is 3.90. The van der Waals surface area contributed by atoms with Crippen molar-refractivity contribution in [1.82, 2.24) is 0 Å². The van der Waals surface area contributed by atoms with Crippen molar-refractivity contribution >= 4 is 17.1 Å².